The molecule has 136 valence electrons. The van der Waals surface area contributed by atoms with Crippen LogP contribution in [0.2, 0.25) is 0 Å². The van der Waals surface area contributed by atoms with Gasteiger partial charge in [0.05, 0.1) is 12.0 Å². The van der Waals surface area contributed by atoms with Crippen LogP contribution in [0.1, 0.15) is 19.8 Å². The predicted octanol–water partition coefficient (Wildman–Crippen LogP) is 1.52. The van der Waals surface area contributed by atoms with Crippen LogP contribution in [0, 0.1) is 5.92 Å². The molecule has 0 saturated carbocycles. The molecule has 0 bridgehead atoms. The number of para-hydroxylation sites is 1. The van der Waals surface area contributed by atoms with Crippen molar-refractivity contribution in [2.75, 3.05) is 44.2 Å². The van der Waals surface area contributed by atoms with Gasteiger partial charge in [0.25, 0.3) is 0 Å². The Labute approximate surface area is 149 Å². The summed E-state index contributed by atoms with van der Waals surface area (Å²) in [6.45, 7) is 6.30. The number of amides is 1. The van der Waals surface area contributed by atoms with Crippen LogP contribution in [0.4, 0.5) is 5.69 Å². The normalized spacial score (nSPS) is 23.3. The highest BCUT2D eigenvalue weighted by Crippen LogP contribution is 2.21. The first-order valence-electron chi connectivity index (χ1n) is 9.12. The monoisotopic (exact) mass is 345 g/mol. The number of nitrogens with zero attached hydrogens (tertiary/aromatic N) is 3. The van der Waals surface area contributed by atoms with Gasteiger partial charge in [0.2, 0.25) is 5.91 Å². The van der Waals surface area contributed by atoms with E-state index in [1.807, 2.05) is 34.9 Å². The molecule has 1 amide bonds. The van der Waals surface area contributed by atoms with Crippen molar-refractivity contribution in [3.63, 3.8) is 0 Å². The number of hydrogen-bond acceptors (Lipinski definition) is 4. The molecule has 2 saturated heterocycles. The van der Waals surface area contributed by atoms with E-state index in [0.29, 0.717) is 26.1 Å². The molecule has 3 rings (SSSR count). The quantitative estimate of drug-likeness (QED) is 0.896. The average Bonchev–Trinajstić information content (AvgIpc) is 2.67. The van der Waals surface area contributed by atoms with Crippen LogP contribution in [-0.4, -0.2) is 72.1 Å². The lowest BCUT2D eigenvalue weighted by molar-refractivity contribution is -0.146. The second-order valence-electron chi connectivity index (χ2n) is 7.00. The summed E-state index contributed by atoms with van der Waals surface area (Å²) in [5.74, 6) is -0.974. The van der Waals surface area contributed by atoms with Crippen molar-refractivity contribution in [1.29, 1.82) is 0 Å². The van der Waals surface area contributed by atoms with E-state index in [2.05, 4.69) is 17.0 Å². The lowest BCUT2D eigenvalue weighted by atomic mass is 9.97. The molecule has 2 heterocycles. The van der Waals surface area contributed by atoms with Gasteiger partial charge in [-0.1, -0.05) is 18.2 Å². The van der Waals surface area contributed by atoms with E-state index in [4.69, 9.17) is 0 Å². The van der Waals surface area contributed by atoms with Crippen LogP contribution in [0.15, 0.2) is 30.3 Å². The highest BCUT2D eigenvalue weighted by Gasteiger charge is 2.33. The Kier molecular flexibility index (Phi) is 5.58. The number of hydrogen-bond donors (Lipinski definition) is 1. The van der Waals surface area contributed by atoms with Gasteiger partial charge in [0.1, 0.15) is 0 Å². The van der Waals surface area contributed by atoms with E-state index in [1.165, 1.54) is 5.69 Å². The zero-order chi connectivity index (χ0) is 17.8. The third-order valence-corrected chi connectivity index (χ3v) is 5.42. The molecule has 1 aromatic carbocycles. The van der Waals surface area contributed by atoms with Gasteiger partial charge in [0, 0.05) is 38.4 Å². The molecule has 0 aliphatic carbocycles. The highest BCUT2D eigenvalue weighted by molar-refractivity contribution is 5.82. The molecule has 0 radical (unpaired) electrons. The molecule has 2 aliphatic heterocycles. The fraction of sp³-hybridized carbons (Fsp3) is 0.579. The minimum Gasteiger partial charge on any atom is -0.481 e. The van der Waals surface area contributed by atoms with Crippen molar-refractivity contribution in [2.24, 2.45) is 5.92 Å². The molecule has 2 fully saturated rings. The molecule has 25 heavy (non-hydrogen) atoms. The predicted molar refractivity (Wildman–Crippen MR) is 96.6 cm³/mol. The summed E-state index contributed by atoms with van der Waals surface area (Å²) in [7, 11) is 0. The first-order valence-corrected chi connectivity index (χ1v) is 9.12. The summed E-state index contributed by atoms with van der Waals surface area (Å²) in [6.07, 6.45) is 1.55. The first-order chi connectivity index (χ1) is 12.1. The maximum absolute atomic E-state index is 12.8. The van der Waals surface area contributed by atoms with Crippen LogP contribution in [0.3, 0.4) is 0 Å². The fourth-order valence-electron chi connectivity index (χ4n) is 3.80. The van der Waals surface area contributed by atoms with Crippen LogP contribution in [-0.2, 0) is 9.59 Å². The second-order valence-corrected chi connectivity index (χ2v) is 7.00. The number of aliphatic carboxylic acids is 1. The van der Waals surface area contributed by atoms with Gasteiger partial charge in [-0.25, -0.2) is 0 Å². The smallest absolute Gasteiger partial charge is 0.307 e. The molecule has 6 heteroatoms. The Hall–Kier alpha value is -2.08. The van der Waals surface area contributed by atoms with E-state index in [1.54, 1.807) is 0 Å². The Balaban J connectivity index is 1.54. The Bertz CT molecular complexity index is 599. The van der Waals surface area contributed by atoms with E-state index >= 15 is 0 Å². The molecule has 2 aliphatic rings. The van der Waals surface area contributed by atoms with Gasteiger partial charge in [-0.05, 0) is 38.4 Å². The number of rotatable bonds is 4. The number of benzene rings is 1. The van der Waals surface area contributed by atoms with Gasteiger partial charge < -0.3 is 14.9 Å². The van der Waals surface area contributed by atoms with Crippen LogP contribution < -0.4 is 4.90 Å². The summed E-state index contributed by atoms with van der Waals surface area (Å²) in [5.41, 5.74) is 1.20. The van der Waals surface area contributed by atoms with Crippen molar-refractivity contribution in [3.05, 3.63) is 30.3 Å². The van der Waals surface area contributed by atoms with Gasteiger partial charge in [-0.2, -0.15) is 0 Å². The van der Waals surface area contributed by atoms with Gasteiger partial charge in [0.15, 0.2) is 0 Å². The van der Waals surface area contributed by atoms with E-state index in [0.717, 1.165) is 26.1 Å². The number of carbonyl (C=O) groups excluding carboxylic acids is 1. The second kappa shape index (κ2) is 7.87. The minimum absolute atomic E-state index is 0.124. The van der Waals surface area contributed by atoms with E-state index in [-0.39, 0.29) is 17.9 Å². The zero-order valence-electron chi connectivity index (χ0n) is 14.8. The van der Waals surface area contributed by atoms with E-state index < -0.39 is 5.97 Å². The van der Waals surface area contributed by atoms with E-state index in [9.17, 15) is 14.7 Å². The number of piperidine rings is 1. The minimum atomic E-state index is -0.749. The number of likely N-dealkylation sites (tertiary alicyclic amines) is 1. The number of carbonyl (C=O) groups is 2. The molecular weight excluding hydrogens is 318 g/mol. The summed E-state index contributed by atoms with van der Waals surface area (Å²) in [6, 6.07) is 10.0. The maximum Gasteiger partial charge on any atom is 0.307 e. The Morgan fingerprint density at radius 2 is 1.76 bits per heavy atom. The number of carboxylic acid groups (broad SMARTS) is 1. The molecule has 1 aromatic rings. The highest BCUT2D eigenvalue weighted by atomic mass is 16.4. The van der Waals surface area contributed by atoms with Gasteiger partial charge >= 0.3 is 5.97 Å². The molecule has 6 nitrogen and oxygen atoms in total. The standard InChI is InChI=1S/C19H27N3O3/c1-15(22-9-5-6-16(14-22)19(24)25)18(23)21-12-10-20(11-13-21)17-7-3-2-4-8-17/h2-4,7-8,15-16H,5-6,9-14H2,1H3,(H,24,25). The Morgan fingerprint density at radius 1 is 1.08 bits per heavy atom. The number of carboxylic acids is 1. The van der Waals surface area contributed by atoms with Crippen LogP contribution in [0.5, 0.6) is 0 Å². The lowest BCUT2D eigenvalue weighted by Gasteiger charge is -2.40. The zero-order valence-corrected chi connectivity index (χ0v) is 14.8. The Morgan fingerprint density at radius 3 is 2.40 bits per heavy atom. The van der Waals surface area contributed by atoms with Crippen molar-refractivity contribution in [1.82, 2.24) is 9.80 Å². The number of anilines is 1. The summed E-state index contributed by atoms with van der Waals surface area (Å²) in [4.78, 5) is 30.3. The van der Waals surface area contributed by atoms with Crippen LogP contribution in [0.25, 0.3) is 0 Å². The number of piperazine rings is 1. The third-order valence-electron chi connectivity index (χ3n) is 5.42. The lowest BCUT2D eigenvalue weighted by Crippen LogP contribution is -2.55. The third kappa shape index (κ3) is 4.12. The molecule has 2 unspecified atom stereocenters. The van der Waals surface area contributed by atoms with Crippen molar-refractivity contribution in [3.8, 4) is 0 Å². The molecule has 0 spiro atoms. The molecular formula is C19H27N3O3. The van der Waals surface area contributed by atoms with Crippen molar-refractivity contribution in [2.45, 2.75) is 25.8 Å². The molecule has 0 aromatic heterocycles. The first kappa shape index (κ1) is 17.7. The van der Waals surface area contributed by atoms with Crippen molar-refractivity contribution >= 4 is 17.6 Å². The SMILES string of the molecule is CC(C(=O)N1CCN(c2ccccc2)CC1)N1CCCC(C(=O)O)C1. The van der Waals surface area contributed by atoms with Crippen LogP contribution >= 0.6 is 0 Å². The molecule has 1 N–H and O–H groups in total. The summed E-state index contributed by atoms with van der Waals surface area (Å²) >= 11 is 0. The fourth-order valence-corrected chi connectivity index (χ4v) is 3.80. The molecule has 2 atom stereocenters. The maximum atomic E-state index is 12.8. The topological polar surface area (TPSA) is 64.1 Å². The van der Waals surface area contributed by atoms with Crippen molar-refractivity contribution < 1.29 is 14.7 Å². The average molecular weight is 345 g/mol. The van der Waals surface area contributed by atoms with Gasteiger partial charge in [-0.15, -0.1) is 0 Å². The summed E-state index contributed by atoms with van der Waals surface area (Å²) in [5, 5.41) is 9.24. The summed E-state index contributed by atoms with van der Waals surface area (Å²) < 4.78 is 0. The largest absolute Gasteiger partial charge is 0.481 e. The van der Waals surface area contributed by atoms with Gasteiger partial charge in [-0.3, -0.25) is 14.5 Å².